The van der Waals surface area contributed by atoms with Gasteiger partial charge in [0.2, 0.25) is 12.4 Å². The zero-order valence-electron chi connectivity index (χ0n) is 16.6. The zero-order chi connectivity index (χ0) is 20.1. The molecule has 3 aromatic rings. The van der Waals surface area contributed by atoms with E-state index in [0.717, 1.165) is 43.1 Å². The summed E-state index contributed by atoms with van der Waals surface area (Å²) in [5.74, 6) is 1.60. The maximum Gasteiger partial charge on any atom is 0.228 e. The minimum atomic E-state index is 0.692. The summed E-state index contributed by atoms with van der Waals surface area (Å²) >= 11 is 0. The molecule has 0 unspecified atom stereocenters. The molecule has 148 valence electrons. The third-order valence-electron chi connectivity index (χ3n) is 5.17. The predicted octanol–water partition coefficient (Wildman–Crippen LogP) is 3.06. The fourth-order valence-corrected chi connectivity index (χ4v) is 3.48. The number of nitrogens with zero attached hydrogens (tertiary/aromatic N) is 5. The number of carbonyl (C=O) groups is 1. The number of carbonyl (C=O) groups excluding carboxylic acids is 1. The molecule has 1 amide bonds. The van der Waals surface area contributed by atoms with Crippen LogP contribution in [0, 0.1) is 0 Å². The van der Waals surface area contributed by atoms with Gasteiger partial charge in [-0.25, -0.2) is 4.98 Å². The number of rotatable bonds is 6. The van der Waals surface area contributed by atoms with E-state index in [1.807, 2.05) is 30.3 Å². The third kappa shape index (κ3) is 4.54. The van der Waals surface area contributed by atoms with E-state index in [4.69, 9.17) is 9.97 Å². The lowest BCUT2D eigenvalue weighted by atomic mass is 10.1. The molecule has 2 heterocycles. The molecule has 1 aromatic heterocycles. The first-order chi connectivity index (χ1) is 14.2. The van der Waals surface area contributed by atoms with Gasteiger partial charge in [0.05, 0.1) is 5.69 Å². The molecule has 6 nitrogen and oxygen atoms in total. The lowest BCUT2D eigenvalue weighted by molar-refractivity contribution is -0.118. The van der Waals surface area contributed by atoms with E-state index >= 15 is 0 Å². The first kappa shape index (κ1) is 18.9. The molecule has 0 atom stereocenters. The third-order valence-corrected chi connectivity index (χ3v) is 5.17. The van der Waals surface area contributed by atoms with Crippen molar-refractivity contribution in [3.63, 3.8) is 0 Å². The van der Waals surface area contributed by atoms with Crippen molar-refractivity contribution >= 4 is 18.2 Å². The lowest BCUT2D eigenvalue weighted by Crippen LogP contribution is -2.46. The quantitative estimate of drug-likeness (QED) is 0.609. The standard InChI is InChI=1S/C23H25N5O/c1-26(17-19-8-4-2-5-9-19)22-16-21(20-10-6-3-7-11-20)24-23(25-22)28-14-12-27(18-29)13-15-28/h2-11,16,18H,12-15,17H2,1H3. The smallest absolute Gasteiger partial charge is 0.228 e. The van der Waals surface area contributed by atoms with Gasteiger partial charge in [-0.3, -0.25) is 4.79 Å². The summed E-state index contributed by atoms with van der Waals surface area (Å²) in [4.78, 5) is 26.8. The second-order valence-electron chi connectivity index (χ2n) is 7.25. The van der Waals surface area contributed by atoms with E-state index in [-0.39, 0.29) is 0 Å². The Morgan fingerprint density at radius 1 is 0.931 bits per heavy atom. The first-order valence-electron chi connectivity index (χ1n) is 9.87. The normalized spacial score (nSPS) is 14.0. The van der Waals surface area contributed by atoms with Crippen LogP contribution in [-0.4, -0.2) is 54.5 Å². The highest BCUT2D eigenvalue weighted by Crippen LogP contribution is 2.25. The maximum atomic E-state index is 11.0. The fourth-order valence-electron chi connectivity index (χ4n) is 3.48. The highest BCUT2D eigenvalue weighted by atomic mass is 16.1. The molecular formula is C23H25N5O. The highest BCUT2D eigenvalue weighted by molar-refractivity contribution is 5.65. The Balaban J connectivity index is 1.65. The molecule has 2 aromatic carbocycles. The van der Waals surface area contributed by atoms with Crippen LogP contribution in [0.15, 0.2) is 66.7 Å². The number of hydrogen-bond acceptors (Lipinski definition) is 5. The molecule has 1 saturated heterocycles. The van der Waals surface area contributed by atoms with Gasteiger partial charge in [-0.05, 0) is 5.56 Å². The van der Waals surface area contributed by atoms with E-state index in [2.05, 4.69) is 53.2 Å². The van der Waals surface area contributed by atoms with Gasteiger partial charge in [-0.1, -0.05) is 60.7 Å². The average Bonchev–Trinajstić information content (AvgIpc) is 2.80. The summed E-state index contributed by atoms with van der Waals surface area (Å²) in [6.45, 7) is 3.62. The number of aromatic nitrogens is 2. The predicted molar refractivity (Wildman–Crippen MR) is 116 cm³/mol. The molecular weight excluding hydrogens is 362 g/mol. The lowest BCUT2D eigenvalue weighted by Gasteiger charge is -2.33. The largest absolute Gasteiger partial charge is 0.355 e. The summed E-state index contributed by atoms with van der Waals surface area (Å²) in [5, 5.41) is 0. The maximum absolute atomic E-state index is 11.0. The topological polar surface area (TPSA) is 52.6 Å². The van der Waals surface area contributed by atoms with Crippen LogP contribution >= 0.6 is 0 Å². The highest BCUT2D eigenvalue weighted by Gasteiger charge is 2.20. The van der Waals surface area contributed by atoms with E-state index in [9.17, 15) is 4.79 Å². The van der Waals surface area contributed by atoms with Crippen molar-refractivity contribution in [2.45, 2.75) is 6.54 Å². The SMILES string of the molecule is CN(Cc1ccccc1)c1cc(-c2ccccc2)nc(N2CCN(C=O)CC2)n1. The molecule has 4 rings (SSSR count). The fraction of sp³-hybridized carbons (Fsp3) is 0.261. The molecule has 29 heavy (non-hydrogen) atoms. The Kier molecular flexibility index (Phi) is 5.70. The van der Waals surface area contributed by atoms with Gasteiger partial charge in [-0.15, -0.1) is 0 Å². The zero-order valence-corrected chi connectivity index (χ0v) is 16.6. The Morgan fingerprint density at radius 2 is 1.59 bits per heavy atom. The monoisotopic (exact) mass is 387 g/mol. The molecule has 1 fully saturated rings. The summed E-state index contributed by atoms with van der Waals surface area (Å²) in [5.41, 5.74) is 3.20. The minimum Gasteiger partial charge on any atom is -0.355 e. The van der Waals surface area contributed by atoms with Gasteiger partial charge in [0.15, 0.2) is 0 Å². The molecule has 0 N–H and O–H groups in total. The number of anilines is 2. The van der Waals surface area contributed by atoms with Crippen molar-refractivity contribution < 1.29 is 4.79 Å². The number of amides is 1. The van der Waals surface area contributed by atoms with E-state index in [0.29, 0.717) is 19.0 Å². The second kappa shape index (κ2) is 8.73. The van der Waals surface area contributed by atoms with Crippen LogP contribution in [-0.2, 0) is 11.3 Å². The number of benzene rings is 2. The Morgan fingerprint density at radius 3 is 2.24 bits per heavy atom. The minimum absolute atomic E-state index is 0.692. The summed E-state index contributed by atoms with van der Waals surface area (Å²) in [7, 11) is 2.05. The molecule has 0 radical (unpaired) electrons. The van der Waals surface area contributed by atoms with Crippen LogP contribution in [0.3, 0.4) is 0 Å². The molecule has 0 saturated carbocycles. The van der Waals surface area contributed by atoms with Gasteiger partial charge in [0.1, 0.15) is 5.82 Å². The van der Waals surface area contributed by atoms with Crippen molar-refractivity contribution in [3.05, 3.63) is 72.3 Å². The van der Waals surface area contributed by atoms with Crippen LogP contribution in [0.4, 0.5) is 11.8 Å². The van der Waals surface area contributed by atoms with Crippen LogP contribution < -0.4 is 9.80 Å². The van der Waals surface area contributed by atoms with Crippen molar-refractivity contribution in [2.24, 2.45) is 0 Å². The first-order valence-corrected chi connectivity index (χ1v) is 9.87. The van der Waals surface area contributed by atoms with E-state index in [1.54, 1.807) is 4.90 Å². The van der Waals surface area contributed by atoms with Crippen molar-refractivity contribution in [2.75, 3.05) is 43.0 Å². The van der Waals surface area contributed by atoms with Crippen molar-refractivity contribution in [1.82, 2.24) is 14.9 Å². The molecule has 6 heteroatoms. The summed E-state index contributed by atoms with van der Waals surface area (Å²) in [6, 6.07) is 22.6. The van der Waals surface area contributed by atoms with E-state index in [1.165, 1.54) is 5.56 Å². The van der Waals surface area contributed by atoms with Crippen molar-refractivity contribution in [3.8, 4) is 11.3 Å². The Labute approximate surface area is 171 Å². The summed E-state index contributed by atoms with van der Waals surface area (Å²) < 4.78 is 0. The van der Waals surface area contributed by atoms with Crippen LogP contribution in [0.2, 0.25) is 0 Å². The van der Waals surface area contributed by atoms with Gasteiger partial charge in [0, 0.05) is 51.4 Å². The van der Waals surface area contributed by atoms with Crippen LogP contribution in [0.1, 0.15) is 5.56 Å². The van der Waals surface area contributed by atoms with Gasteiger partial charge >= 0.3 is 0 Å². The van der Waals surface area contributed by atoms with E-state index < -0.39 is 0 Å². The van der Waals surface area contributed by atoms with Gasteiger partial charge in [-0.2, -0.15) is 4.98 Å². The molecule has 0 spiro atoms. The molecule has 1 aliphatic rings. The average molecular weight is 387 g/mol. The van der Waals surface area contributed by atoms with Crippen molar-refractivity contribution in [1.29, 1.82) is 0 Å². The second-order valence-corrected chi connectivity index (χ2v) is 7.25. The molecule has 0 aliphatic carbocycles. The summed E-state index contributed by atoms with van der Waals surface area (Å²) in [6.07, 6.45) is 0.914. The van der Waals surface area contributed by atoms with Gasteiger partial charge < -0.3 is 14.7 Å². The van der Waals surface area contributed by atoms with Crippen LogP contribution in [0.5, 0.6) is 0 Å². The van der Waals surface area contributed by atoms with Gasteiger partial charge in [0.25, 0.3) is 0 Å². The number of piperazine rings is 1. The van der Waals surface area contributed by atoms with Crippen LogP contribution in [0.25, 0.3) is 11.3 Å². The Hall–Kier alpha value is -3.41. The molecule has 0 bridgehead atoms. The number of hydrogen-bond donors (Lipinski definition) is 0. The Bertz CT molecular complexity index is 940. The molecule has 1 aliphatic heterocycles.